The zero-order valence-electron chi connectivity index (χ0n) is 16.7. The van der Waals surface area contributed by atoms with Crippen molar-refractivity contribution < 1.29 is 4.74 Å². The zero-order valence-corrected chi connectivity index (χ0v) is 16.7. The van der Waals surface area contributed by atoms with E-state index in [9.17, 15) is 0 Å². The van der Waals surface area contributed by atoms with Crippen LogP contribution in [0.1, 0.15) is 49.4 Å². The number of aryl methyl sites for hydroxylation is 1. The van der Waals surface area contributed by atoms with Crippen LogP contribution < -0.4 is 4.74 Å². The van der Waals surface area contributed by atoms with Crippen molar-refractivity contribution in [2.24, 2.45) is 0 Å². The maximum absolute atomic E-state index is 6.40. The number of benzene rings is 3. The summed E-state index contributed by atoms with van der Waals surface area (Å²) in [5.74, 6) is 1.86. The highest BCUT2D eigenvalue weighted by Gasteiger charge is 2.24. The number of rotatable bonds is 6. The molecule has 1 aromatic heterocycles. The smallest absolute Gasteiger partial charge is 0.156 e. The van der Waals surface area contributed by atoms with Crippen LogP contribution in [0.4, 0.5) is 0 Å². The highest BCUT2D eigenvalue weighted by atomic mass is 16.5. The van der Waals surface area contributed by atoms with Gasteiger partial charge in [-0.15, -0.1) is 0 Å². The number of nitrogens with zero attached hydrogens (tertiary/aromatic N) is 2. The average Bonchev–Trinajstić information content (AvgIpc) is 3.11. The van der Waals surface area contributed by atoms with Crippen LogP contribution in [0.25, 0.3) is 11.0 Å². The third-order valence-corrected chi connectivity index (χ3v) is 5.22. The minimum atomic E-state index is -0.111. The Hall–Kier alpha value is -3.07. The molecule has 0 aliphatic carbocycles. The van der Waals surface area contributed by atoms with Crippen molar-refractivity contribution >= 4 is 11.0 Å². The lowest BCUT2D eigenvalue weighted by Crippen LogP contribution is -2.17. The van der Waals surface area contributed by atoms with Gasteiger partial charge in [-0.05, 0) is 55.7 Å². The van der Waals surface area contributed by atoms with E-state index in [1.54, 1.807) is 0 Å². The Labute approximate surface area is 166 Å². The Morgan fingerprint density at radius 3 is 2.43 bits per heavy atom. The fourth-order valence-corrected chi connectivity index (χ4v) is 3.75. The first-order valence-electron chi connectivity index (χ1n) is 9.92. The molecule has 4 rings (SSSR count). The van der Waals surface area contributed by atoms with E-state index >= 15 is 0 Å². The molecule has 0 bridgehead atoms. The lowest BCUT2D eigenvalue weighted by molar-refractivity contribution is 0.185. The van der Waals surface area contributed by atoms with Crippen molar-refractivity contribution in [2.45, 2.75) is 39.3 Å². The molecule has 28 heavy (non-hydrogen) atoms. The normalized spacial score (nSPS) is 13.4. The fourth-order valence-electron chi connectivity index (χ4n) is 3.75. The summed E-state index contributed by atoms with van der Waals surface area (Å²) in [7, 11) is 0. The molecule has 3 heteroatoms. The molecule has 0 N–H and O–H groups in total. The molecular weight excluding hydrogens is 344 g/mol. The van der Waals surface area contributed by atoms with E-state index in [-0.39, 0.29) is 12.1 Å². The number of aromatic nitrogens is 2. The average molecular weight is 370 g/mol. The molecule has 2 atom stereocenters. The fraction of sp³-hybridized carbons (Fsp3) is 0.240. The van der Waals surface area contributed by atoms with Gasteiger partial charge in [0.1, 0.15) is 5.75 Å². The Bertz CT molecular complexity index is 1070. The van der Waals surface area contributed by atoms with Crippen molar-refractivity contribution in [1.82, 2.24) is 9.55 Å². The lowest BCUT2D eigenvalue weighted by atomic mass is 10.1. The molecule has 2 unspecified atom stereocenters. The molecule has 1 heterocycles. The predicted octanol–water partition coefficient (Wildman–Crippen LogP) is 6.48. The maximum Gasteiger partial charge on any atom is 0.156 e. The first kappa shape index (κ1) is 18.3. The SMILES string of the molecule is CCC(Oc1cccc(C)c1)c1nc2ccccc2n1C(C)c1ccccc1. The molecule has 0 aliphatic rings. The van der Waals surface area contributed by atoms with Crippen molar-refractivity contribution in [2.75, 3.05) is 0 Å². The van der Waals surface area contributed by atoms with E-state index in [0.29, 0.717) is 0 Å². The van der Waals surface area contributed by atoms with Crippen LogP contribution >= 0.6 is 0 Å². The minimum Gasteiger partial charge on any atom is -0.483 e. The van der Waals surface area contributed by atoms with Crippen LogP contribution in [0.15, 0.2) is 78.9 Å². The van der Waals surface area contributed by atoms with Gasteiger partial charge in [-0.2, -0.15) is 0 Å². The van der Waals surface area contributed by atoms with Crippen LogP contribution in [-0.4, -0.2) is 9.55 Å². The summed E-state index contributed by atoms with van der Waals surface area (Å²) in [6, 6.07) is 27.3. The lowest BCUT2D eigenvalue weighted by Gasteiger charge is -2.23. The van der Waals surface area contributed by atoms with E-state index in [2.05, 4.69) is 86.0 Å². The van der Waals surface area contributed by atoms with Crippen molar-refractivity contribution in [1.29, 1.82) is 0 Å². The molecule has 0 amide bonds. The number of hydrogen-bond donors (Lipinski definition) is 0. The summed E-state index contributed by atoms with van der Waals surface area (Å²) in [5.41, 5.74) is 4.60. The van der Waals surface area contributed by atoms with Crippen LogP contribution in [0, 0.1) is 6.92 Å². The minimum absolute atomic E-state index is 0.111. The molecular formula is C25H26N2O. The van der Waals surface area contributed by atoms with E-state index in [4.69, 9.17) is 9.72 Å². The van der Waals surface area contributed by atoms with Gasteiger partial charge in [-0.3, -0.25) is 0 Å². The maximum atomic E-state index is 6.40. The number of hydrogen-bond acceptors (Lipinski definition) is 2. The van der Waals surface area contributed by atoms with Gasteiger partial charge in [0.05, 0.1) is 17.1 Å². The van der Waals surface area contributed by atoms with Gasteiger partial charge in [0, 0.05) is 0 Å². The van der Waals surface area contributed by atoms with Crippen molar-refractivity contribution in [3.05, 3.63) is 95.8 Å². The Kier molecular flexibility index (Phi) is 5.16. The van der Waals surface area contributed by atoms with Gasteiger partial charge in [-0.1, -0.05) is 61.5 Å². The molecule has 3 nitrogen and oxygen atoms in total. The first-order chi connectivity index (χ1) is 13.7. The highest BCUT2D eigenvalue weighted by Crippen LogP contribution is 2.32. The second kappa shape index (κ2) is 7.89. The molecule has 0 saturated carbocycles. The van der Waals surface area contributed by atoms with Gasteiger partial charge in [0.15, 0.2) is 11.9 Å². The summed E-state index contributed by atoms with van der Waals surface area (Å²) in [6.07, 6.45) is 0.735. The number of imidazole rings is 1. The summed E-state index contributed by atoms with van der Waals surface area (Å²) >= 11 is 0. The Morgan fingerprint density at radius 1 is 0.929 bits per heavy atom. The van der Waals surface area contributed by atoms with Crippen LogP contribution in [-0.2, 0) is 0 Å². The van der Waals surface area contributed by atoms with E-state index in [1.807, 2.05) is 18.2 Å². The number of fused-ring (bicyclic) bond motifs is 1. The standard InChI is InChI=1S/C25H26N2O/c1-4-24(28-21-14-10-11-18(2)17-21)25-26-22-15-8-9-16-23(22)27(25)19(3)20-12-6-5-7-13-20/h5-17,19,24H,4H2,1-3H3. The summed E-state index contributed by atoms with van der Waals surface area (Å²) in [5, 5.41) is 0. The summed E-state index contributed by atoms with van der Waals surface area (Å²) in [4.78, 5) is 4.99. The first-order valence-corrected chi connectivity index (χ1v) is 9.92. The summed E-state index contributed by atoms with van der Waals surface area (Å²) in [6.45, 7) is 6.46. The molecule has 0 saturated heterocycles. The molecule has 0 fully saturated rings. The van der Waals surface area contributed by atoms with E-state index < -0.39 is 0 Å². The Morgan fingerprint density at radius 2 is 1.68 bits per heavy atom. The summed E-state index contributed by atoms with van der Waals surface area (Å²) < 4.78 is 8.73. The monoisotopic (exact) mass is 370 g/mol. The van der Waals surface area contributed by atoms with E-state index in [1.165, 1.54) is 11.1 Å². The third kappa shape index (κ3) is 3.53. The van der Waals surface area contributed by atoms with Crippen LogP contribution in [0.2, 0.25) is 0 Å². The predicted molar refractivity (Wildman–Crippen MR) is 115 cm³/mol. The molecule has 3 aromatic carbocycles. The highest BCUT2D eigenvalue weighted by molar-refractivity contribution is 5.76. The van der Waals surface area contributed by atoms with Crippen molar-refractivity contribution in [3.63, 3.8) is 0 Å². The van der Waals surface area contributed by atoms with Crippen molar-refractivity contribution in [3.8, 4) is 5.75 Å². The second-order valence-electron chi connectivity index (χ2n) is 7.25. The molecule has 0 spiro atoms. The third-order valence-electron chi connectivity index (χ3n) is 5.22. The van der Waals surface area contributed by atoms with Gasteiger partial charge in [0.2, 0.25) is 0 Å². The molecule has 142 valence electrons. The van der Waals surface area contributed by atoms with Gasteiger partial charge in [-0.25, -0.2) is 4.98 Å². The second-order valence-corrected chi connectivity index (χ2v) is 7.25. The molecule has 0 aliphatic heterocycles. The largest absolute Gasteiger partial charge is 0.483 e. The van der Waals surface area contributed by atoms with Gasteiger partial charge in [0.25, 0.3) is 0 Å². The molecule has 4 aromatic rings. The van der Waals surface area contributed by atoms with Crippen LogP contribution in [0.3, 0.4) is 0 Å². The number of para-hydroxylation sites is 2. The van der Waals surface area contributed by atoms with Gasteiger partial charge < -0.3 is 9.30 Å². The van der Waals surface area contributed by atoms with E-state index in [0.717, 1.165) is 29.0 Å². The quantitative estimate of drug-likeness (QED) is 0.388. The number of ether oxygens (including phenoxy) is 1. The van der Waals surface area contributed by atoms with Crippen LogP contribution in [0.5, 0.6) is 5.75 Å². The van der Waals surface area contributed by atoms with Gasteiger partial charge >= 0.3 is 0 Å². The Balaban J connectivity index is 1.81. The topological polar surface area (TPSA) is 27.1 Å². The molecule has 0 radical (unpaired) electrons. The zero-order chi connectivity index (χ0) is 19.5.